The van der Waals surface area contributed by atoms with E-state index >= 15 is 0 Å². The number of hydrogen-bond donors (Lipinski definition) is 0. The lowest BCUT2D eigenvalue weighted by molar-refractivity contribution is -0.137. The van der Waals surface area contributed by atoms with Crippen molar-refractivity contribution in [3.05, 3.63) is 40.1 Å². The molecule has 0 N–H and O–H groups in total. The van der Waals surface area contributed by atoms with Crippen LogP contribution in [0.5, 0.6) is 0 Å². The molecule has 15 heavy (non-hydrogen) atoms. The van der Waals surface area contributed by atoms with E-state index in [9.17, 15) is 13.2 Å². The summed E-state index contributed by atoms with van der Waals surface area (Å²) < 4.78 is 42.3. The fourth-order valence-electron chi connectivity index (χ4n) is 0.989. The summed E-state index contributed by atoms with van der Waals surface area (Å²) in [6.45, 7) is 0. The summed E-state index contributed by atoms with van der Waals surface area (Å²) in [5, 5.41) is 0. The Labute approximate surface area is 93.7 Å². The van der Waals surface area contributed by atoms with Gasteiger partial charge in [0.15, 0.2) is 0 Å². The highest BCUT2D eigenvalue weighted by molar-refractivity contribution is 9.10. The quantitative estimate of drug-likeness (QED) is 0.742. The Kier molecular flexibility index (Phi) is 3.79. The molecule has 1 aromatic rings. The lowest BCUT2D eigenvalue weighted by atomic mass is 10.1. The molecule has 0 saturated carbocycles. The van der Waals surface area contributed by atoms with Crippen molar-refractivity contribution >= 4 is 22.0 Å². The normalized spacial score (nSPS) is 12.1. The van der Waals surface area contributed by atoms with E-state index in [1.165, 1.54) is 25.5 Å². The van der Waals surface area contributed by atoms with Crippen molar-refractivity contribution in [3.8, 4) is 0 Å². The zero-order valence-corrected chi connectivity index (χ0v) is 9.39. The molecule has 0 atom stereocenters. The van der Waals surface area contributed by atoms with Crippen LogP contribution in [0.25, 0.3) is 6.08 Å². The van der Waals surface area contributed by atoms with Crippen LogP contribution in [0.15, 0.2) is 28.9 Å². The van der Waals surface area contributed by atoms with Gasteiger partial charge in [0.1, 0.15) is 0 Å². The second-order valence-corrected chi connectivity index (χ2v) is 3.63. The van der Waals surface area contributed by atoms with Gasteiger partial charge in [-0.15, -0.1) is 0 Å². The van der Waals surface area contributed by atoms with Gasteiger partial charge in [-0.1, -0.05) is 15.9 Å². The molecule has 0 bridgehead atoms. The van der Waals surface area contributed by atoms with Gasteiger partial charge >= 0.3 is 6.18 Å². The molecule has 0 spiro atoms. The zero-order valence-electron chi connectivity index (χ0n) is 7.81. The maximum absolute atomic E-state index is 12.4. The van der Waals surface area contributed by atoms with E-state index < -0.39 is 11.7 Å². The second kappa shape index (κ2) is 4.70. The van der Waals surface area contributed by atoms with E-state index in [1.54, 1.807) is 0 Å². The van der Waals surface area contributed by atoms with E-state index in [-0.39, 0.29) is 0 Å². The minimum atomic E-state index is -4.32. The van der Waals surface area contributed by atoms with Gasteiger partial charge in [-0.25, -0.2) is 0 Å². The molecule has 0 aromatic heterocycles. The van der Waals surface area contributed by atoms with Crippen molar-refractivity contribution in [2.75, 3.05) is 7.11 Å². The number of alkyl halides is 3. The lowest BCUT2D eigenvalue weighted by Gasteiger charge is -2.08. The summed E-state index contributed by atoms with van der Waals surface area (Å²) in [6, 6.07) is 3.44. The van der Waals surface area contributed by atoms with E-state index in [4.69, 9.17) is 0 Å². The molecule has 0 aliphatic heterocycles. The molecular weight excluding hydrogens is 273 g/mol. The van der Waals surface area contributed by atoms with Gasteiger partial charge in [-0.3, -0.25) is 0 Å². The van der Waals surface area contributed by atoms with Crippen molar-refractivity contribution in [1.29, 1.82) is 0 Å². The fraction of sp³-hybridized carbons (Fsp3) is 0.200. The number of halogens is 4. The first-order valence-electron chi connectivity index (χ1n) is 4.01. The van der Waals surface area contributed by atoms with Gasteiger partial charge in [0.25, 0.3) is 0 Å². The molecule has 0 radical (unpaired) electrons. The van der Waals surface area contributed by atoms with E-state index in [0.717, 1.165) is 12.1 Å². The van der Waals surface area contributed by atoms with E-state index in [0.29, 0.717) is 10.0 Å². The van der Waals surface area contributed by atoms with Gasteiger partial charge in [-0.05, 0) is 29.8 Å². The average Bonchev–Trinajstić information content (AvgIpc) is 2.15. The molecule has 0 fully saturated rings. The highest BCUT2D eigenvalue weighted by Gasteiger charge is 2.30. The molecule has 0 unspecified atom stereocenters. The molecule has 0 heterocycles. The van der Waals surface area contributed by atoms with E-state index in [1.807, 2.05) is 0 Å². The Morgan fingerprint density at radius 2 is 2.00 bits per heavy atom. The molecule has 0 saturated heterocycles. The third-order valence-electron chi connectivity index (χ3n) is 1.71. The van der Waals surface area contributed by atoms with Crippen molar-refractivity contribution in [2.45, 2.75) is 6.18 Å². The predicted molar refractivity (Wildman–Crippen MR) is 55.2 cm³/mol. The predicted octanol–water partition coefficient (Wildman–Crippen LogP) is 4.09. The van der Waals surface area contributed by atoms with Crippen LogP contribution < -0.4 is 0 Å². The van der Waals surface area contributed by atoms with Crippen LogP contribution in [0.2, 0.25) is 0 Å². The Bertz CT molecular complexity index is 371. The first-order valence-corrected chi connectivity index (χ1v) is 4.80. The Morgan fingerprint density at radius 1 is 1.33 bits per heavy atom. The molecule has 1 rings (SSSR count). The van der Waals surface area contributed by atoms with Crippen molar-refractivity contribution in [2.24, 2.45) is 0 Å². The monoisotopic (exact) mass is 280 g/mol. The van der Waals surface area contributed by atoms with Crippen LogP contribution in [-0.2, 0) is 10.9 Å². The standard InChI is InChI=1S/C10H8BrF3O/c1-15-5-4-7-6-8(10(12,13)14)2-3-9(7)11/h2-6H,1H3/b5-4+. The minimum absolute atomic E-state index is 0.423. The lowest BCUT2D eigenvalue weighted by Crippen LogP contribution is -2.04. The third kappa shape index (κ3) is 3.27. The molecule has 1 aromatic carbocycles. The van der Waals surface area contributed by atoms with Gasteiger partial charge < -0.3 is 4.74 Å². The van der Waals surface area contributed by atoms with Crippen LogP contribution in [0.3, 0.4) is 0 Å². The molecule has 0 aliphatic rings. The van der Waals surface area contributed by atoms with Crippen molar-refractivity contribution in [3.63, 3.8) is 0 Å². The number of hydrogen-bond acceptors (Lipinski definition) is 1. The Balaban J connectivity index is 3.11. The SMILES string of the molecule is CO/C=C/c1cc(C(F)(F)F)ccc1Br. The second-order valence-electron chi connectivity index (χ2n) is 2.77. The number of methoxy groups -OCH3 is 1. The average molecular weight is 281 g/mol. The van der Waals surface area contributed by atoms with Crippen molar-refractivity contribution in [1.82, 2.24) is 0 Å². The van der Waals surface area contributed by atoms with Crippen molar-refractivity contribution < 1.29 is 17.9 Å². The topological polar surface area (TPSA) is 9.23 Å². The van der Waals surface area contributed by atoms with Crippen LogP contribution in [-0.4, -0.2) is 7.11 Å². The van der Waals surface area contributed by atoms with Gasteiger partial charge in [0, 0.05) is 4.47 Å². The summed E-state index contributed by atoms with van der Waals surface area (Å²) >= 11 is 3.15. The minimum Gasteiger partial charge on any atom is -0.504 e. The van der Waals surface area contributed by atoms with Crippen LogP contribution in [0.4, 0.5) is 13.2 Å². The molecular formula is C10H8BrF3O. The zero-order chi connectivity index (χ0) is 11.5. The summed E-state index contributed by atoms with van der Waals surface area (Å²) in [4.78, 5) is 0. The largest absolute Gasteiger partial charge is 0.504 e. The maximum Gasteiger partial charge on any atom is 0.416 e. The smallest absolute Gasteiger partial charge is 0.416 e. The summed E-state index contributed by atoms with van der Waals surface area (Å²) in [6.07, 6.45) is -1.55. The van der Waals surface area contributed by atoms with E-state index in [2.05, 4.69) is 20.7 Å². The number of benzene rings is 1. The first kappa shape index (κ1) is 12.1. The molecule has 0 amide bonds. The molecule has 5 heteroatoms. The van der Waals surface area contributed by atoms with Gasteiger partial charge in [-0.2, -0.15) is 13.2 Å². The first-order chi connectivity index (χ1) is 6.95. The van der Waals surface area contributed by atoms with Gasteiger partial charge in [0.05, 0.1) is 18.9 Å². The highest BCUT2D eigenvalue weighted by Crippen LogP contribution is 2.32. The van der Waals surface area contributed by atoms with Crippen LogP contribution in [0.1, 0.15) is 11.1 Å². The third-order valence-corrected chi connectivity index (χ3v) is 2.43. The molecule has 0 aliphatic carbocycles. The highest BCUT2D eigenvalue weighted by atomic mass is 79.9. The number of rotatable bonds is 2. The Morgan fingerprint density at radius 3 is 2.53 bits per heavy atom. The molecule has 1 nitrogen and oxygen atoms in total. The van der Waals surface area contributed by atoms with Crippen LogP contribution in [0, 0.1) is 0 Å². The molecule has 82 valence electrons. The van der Waals surface area contributed by atoms with Gasteiger partial charge in [0.2, 0.25) is 0 Å². The number of ether oxygens (including phenoxy) is 1. The fourth-order valence-corrected chi connectivity index (χ4v) is 1.37. The Hall–Kier alpha value is -0.970. The summed E-state index contributed by atoms with van der Waals surface area (Å²) in [5.74, 6) is 0. The summed E-state index contributed by atoms with van der Waals surface area (Å²) in [5.41, 5.74) is -0.256. The maximum atomic E-state index is 12.4. The van der Waals surface area contributed by atoms with Crippen LogP contribution >= 0.6 is 15.9 Å². The summed E-state index contributed by atoms with van der Waals surface area (Å²) in [7, 11) is 1.43.